The van der Waals surface area contributed by atoms with Gasteiger partial charge in [-0.25, -0.2) is 9.78 Å². The number of aliphatic carboxylic acids is 1. The molecule has 7 nitrogen and oxygen atoms in total. The molecule has 21 heavy (non-hydrogen) atoms. The van der Waals surface area contributed by atoms with E-state index in [4.69, 9.17) is 4.74 Å². The molecular weight excluding hydrogens is 274 g/mol. The van der Waals surface area contributed by atoms with E-state index >= 15 is 0 Å². The second kappa shape index (κ2) is 6.71. The van der Waals surface area contributed by atoms with Crippen molar-refractivity contribution in [2.75, 3.05) is 13.2 Å². The predicted octanol–water partition coefficient (Wildman–Crippen LogP) is 0.974. The quantitative estimate of drug-likeness (QED) is 0.782. The fourth-order valence-corrected chi connectivity index (χ4v) is 2.59. The number of nitrogens with zero attached hydrogens (tertiary/aromatic N) is 2. The third-order valence-electron chi connectivity index (χ3n) is 3.80. The molecule has 116 valence electrons. The number of nitrogens with one attached hydrogen (secondary N) is 1. The number of amides is 1. The van der Waals surface area contributed by atoms with Crippen molar-refractivity contribution >= 4 is 11.9 Å². The molecular formula is C14H21N3O4. The molecule has 0 spiro atoms. The summed E-state index contributed by atoms with van der Waals surface area (Å²) in [5.74, 6) is -1.31. The predicted molar refractivity (Wildman–Crippen MR) is 74.7 cm³/mol. The number of carbonyl (C=O) groups is 2. The van der Waals surface area contributed by atoms with Crippen molar-refractivity contribution in [2.45, 2.75) is 44.2 Å². The van der Waals surface area contributed by atoms with Gasteiger partial charge in [0.15, 0.2) is 5.54 Å². The number of imidazole rings is 1. The van der Waals surface area contributed by atoms with Gasteiger partial charge in [0.2, 0.25) is 5.91 Å². The number of carboxylic acid groups (broad SMARTS) is 1. The first kappa shape index (κ1) is 15.5. The lowest BCUT2D eigenvalue weighted by molar-refractivity contribution is -0.147. The average molecular weight is 295 g/mol. The van der Waals surface area contributed by atoms with Crippen LogP contribution in [0.3, 0.4) is 0 Å². The van der Waals surface area contributed by atoms with Crippen LogP contribution in [0.2, 0.25) is 0 Å². The van der Waals surface area contributed by atoms with Crippen LogP contribution in [0, 0.1) is 0 Å². The summed E-state index contributed by atoms with van der Waals surface area (Å²) < 4.78 is 7.03. The molecule has 2 heterocycles. The van der Waals surface area contributed by atoms with Crippen molar-refractivity contribution in [3.8, 4) is 0 Å². The van der Waals surface area contributed by atoms with Crippen molar-refractivity contribution in [3.63, 3.8) is 0 Å². The molecule has 0 saturated carbocycles. The number of rotatable bonds is 7. The molecule has 1 aromatic heterocycles. The Hall–Kier alpha value is -1.89. The van der Waals surface area contributed by atoms with E-state index in [1.165, 1.54) is 0 Å². The third-order valence-corrected chi connectivity index (χ3v) is 3.80. The monoisotopic (exact) mass is 295 g/mol. The molecule has 1 amide bonds. The van der Waals surface area contributed by atoms with E-state index in [2.05, 4.69) is 10.3 Å². The molecule has 7 heteroatoms. The summed E-state index contributed by atoms with van der Waals surface area (Å²) in [5, 5.41) is 12.0. The number of aromatic nitrogens is 2. The van der Waals surface area contributed by atoms with E-state index in [-0.39, 0.29) is 25.0 Å². The Labute approximate surface area is 123 Å². The fourth-order valence-electron chi connectivity index (χ4n) is 2.59. The molecule has 0 aliphatic carbocycles. The first-order valence-electron chi connectivity index (χ1n) is 7.17. The van der Waals surface area contributed by atoms with Crippen LogP contribution in [0.5, 0.6) is 0 Å². The number of hydrogen-bond donors (Lipinski definition) is 2. The van der Waals surface area contributed by atoms with Crippen molar-refractivity contribution in [2.24, 2.45) is 0 Å². The van der Waals surface area contributed by atoms with Gasteiger partial charge in [0.1, 0.15) is 0 Å². The second-order valence-electron chi connectivity index (χ2n) is 5.39. The fraction of sp³-hybridized carbons (Fsp3) is 0.643. The lowest BCUT2D eigenvalue weighted by atomic mass is 9.98. The van der Waals surface area contributed by atoms with E-state index in [9.17, 15) is 14.7 Å². The summed E-state index contributed by atoms with van der Waals surface area (Å²) in [4.78, 5) is 27.6. The van der Waals surface area contributed by atoms with Crippen LogP contribution in [0.25, 0.3) is 0 Å². The maximum Gasteiger partial charge on any atom is 0.331 e. The Morgan fingerprint density at radius 1 is 1.57 bits per heavy atom. The Bertz CT molecular complexity index is 480. The van der Waals surface area contributed by atoms with E-state index < -0.39 is 11.5 Å². The van der Waals surface area contributed by atoms with Crippen LogP contribution in [-0.2, 0) is 14.3 Å². The largest absolute Gasteiger partial charge is 0.479 e. The van der Waals surface area contributed by atoms with E-state index in [1.54, 1.807) is 12.5 Å². The van der Waals surface area contributed by atoms with Crippen LogP contribution >= 0.6 is 0 Å². The molecule has 0 bridgehead atoms. The molecule has 1 aromatic rings. The normalized spacial score (nSPS) is 22.9. The average Bonchev–Trinajstić information content (AvgIpc) is 3.09. The van der Waals surface area contributed by atoms with Gasteiger partial charge in [0.05, 0.1) is 12.9 Å². The topological polar surface area (TPSA) is 93.5 Å². The number of carbonyl (C=O) groups excluding carboxylic acids is 1. The second-order valence-corrected chi connectivity index (χ2v) is 5.39. The van der Waals surface area contributed by atoms with Gasteiger partial charge in [-0.1, -0.05) is 13.3 Å². The van der Waals surface area contributed by atoms with Crippen LogP contribution in [0.4, 0.5) is 0 Å². The van der Waals surface area contributed by atoms with Crippen molar-refractivity contribution in [3.05, 3.63) is 18.7 Å². The minimum absolute atomic E-state index is 0.00864. The van der Waals surface area contributed by atoms with E-state index in [0.29, 0.717) is 13.0 Å². The van der Waals surface area contributed by atoms with E-state index in [0.717, 1.165) is 12.8 Å². The minimum atomic E-state index is -1.28. The van der Waals surface area contributed by atoms with Crippen LogP contribution in [0.15, 0.2) is 18.7 Å². The smallest absolute Gasteiger partial charge is 0.331 e. The highest BCUT2D eigenvalue weighted by molar-refractivity contribution is 5.87. The lowest BCUT2D eigenvalue weighted by Crippen LogP contribution is -2.55. The van der Waals surface area contributed by atoms with Crippen molar-refractivity contribution in [1.82, 2.24) is 14.9 Å². The zero-order chi connectivity index (χ0) is 15.3. The molecule has 1 saturated heterocycles. The summed E-state index contributed by atoms with van der Waals surface area (Å²) >= 11 is 0. The lowest BCUT2D eigenvalue weighted by Gasteiger charge is -2.25. The van der Waals surface area contributed by atoms with Gasteiger partial charge in [0.25, 0.3) is 0 Å². The summed E-state index contributed by atoms with van der Waals surface area (Å²) in [6.45, 7) is 2.43. The number of ether oxygens (including phenoxy) is 1. The molecule has 0 radical (unpaired) electrons. The Kier molecular flexibility index (Phi) is 4.95. The minimum Gasteiger partial charge on any atom is -0.479 e. The summed E-state index contributed by atoms with van der Waals surface area (Å²) in [5.41, 5.74) is -1.28. The highest BCUT2D eigenvalue weighted by Gasteiger charge is 2.44. The highest BCUT2D eigenvalue weighted by Crippen LogP contribution is 2.22. The molecule has 1 aliphatic heterocycles. The molecule has 2 rings (SSSR count). The molecule has 0 aromatic carbocycles. The standard InChI is InChI=1S/C14H21N3O4/c1-2-3-11(17-6-5-15-10-17)8-12(18)16-14(13(19)20)4-7-21-9-14/h5-6,10-11H,2-4,7-9H2,1H3,(H,16,18)(H,19,20). The van der Waals surface area contributed by atoms with Gasteiger partial charge in [-0.05, 0) is 6.42 Å². The maximum absolute atomic E-state index is 12.2. The zero-order valence-electron chi connectivity index (χ0n) is 12.1. The highest BCUT2D eigenvalue weighted by atomic mass is 16.5. The summed E-state index contributed by atoms with van der Waals surface area (Å²) in [6.07, 6.45) is 7.48. The van der Waals surface area contributed by atoms with Crippen LogP contribution in [-0.4, -0.2) is 45.3 Å². The van der Waals surface area contributed by atoms with E-state index in [1.807, 2.05) is 17.7 Å². The maximum atomic E-state index is 12.2. The van der Waals surface area contributed by atoms with Gasteiger partial charge < -0.3 is 19.7 Å². The molecule has 1 aliphatic rings. The molecule has 2 atom stereocenters. The van der Waals surface area contributed by atoms with Crippen molar-refractivity contribution in [1.29, 1.82) is 0 Å². The molecule has 1 fully saturated rings. The number of hydrogen-bond acceptors (Lipinski definition) is 4. The Balaban J connectivity index is 2.00. The Morgan fingerprint density at radius 2 is 2.38 bits per heavy atom. The van der Waals surface area contributed by atoms with Gasteiger partial charge in [0, 0.05) is 37.9 Å². The SMILES string of the molecule is CCCC(CC(=O)NC1(C(=O)O)CCOC1)n1ccnc1. The molecule has 2 unspecified atom stereocenters. The third kappa shape index (κ3) is 3.60. The first-order valence-corrected chi connectivity index (χ1v) is 7.17. The number of carboxylic acids is 1. The zero-order valence-corrected chi connectivity index (χ0v) is 12.1. The Morgan fingerprint density at radius 3 is 2.90 bits per heavy atom. The van der Waals surface area contributed by atoms with Crippen LogP contribution < -0.4 is 5.32 Å². The first-order chi connectivity index (χ1) is 10.1. The van der Waals surface area contributed by atoms with Gasteiger partial charge >= 0.3 is 5.97 Å². The molecule has 2 N–H and O–H groups in total. The van der Waals surface area contributed by atoms with Crippen molar-refractivity contribution < 1.29 is 19.4 Å². The van der Waals surface area contributed by atoms with Gasteiger partial charge in [-0.3, -0.25) is 4.79 Å². The summed E-state index contributed by atoms with van der Waals surface area (Å²) in [6, 6.07) is -0.00864. The summed E-state index contributed by atoms with van der Waals surface area (Å²) in [7, 11) is 0. The van der Waals surface area contributed by atoms with Gasteiger partial charge in [-0.2, -0.15) is 0 Å². The van der Waals surface area contributed by atoms with Gasteiger partial charge in [-0.15, -0.1) is 0 Å². The van der Waals surface area contributed by atoms with Crippen LogP contribution in [0.1, 0.15) is 38.6 Å².